The third-order valence-corrected chi connectivity index (χ3v) is 9.47. The van der Waals surface area contributed by atoms with Crippen LogP contribution in [0.2, 0.25) is 0 Å². The number of aliphatic hydroxyl groups is 1. The molecule has 1 aliphatic rings. The van der Waals surface area contributed by atoms with Gasteiger partial charge in [-0.1, -0.05) is 71.9 Å². The molecule has 0 unspecified atom stereocenters. The summed E-state index contributed by atoms with van der Waals surface area (Å²) >= 11 is 1.18. The van der Waals surface area contributed by atoms with Crippen molar-refractivity contribution >= 4 is 57.2 Å². The predicted octanol–water partition coefficient (Wildman–Crippen LogP) is 4.51. The first-order chi connectivity index (χ1) is 24.0. The molecule has 50 heavy (non-hydrogen) atoms. The molecular formula is C36H41N3O10S. The van der Waals surface area contributed by atoms with Crippen molar-refractivity contribution in [3.8, 4) is 0 Å². The molecule has 5 rings (SSSR count). The molecule has 13 nitrogen and oxygen atoms in total. The fourth-order valence-electron chi connectivity index (χ4n) is 6.13. The number of esters is 4. The molecule has 0 saturated carbocycles. The summed E-state index contributed by atoms with van der Waals surface area (Å²) < 4.78 is 30.4. The highest BCUT2D eigenvalue weighted by Crippen LogP contribution is 2.39. The van der Waals surface area contributed by atoms with E-state index in [0.717, 1.165) is 39.9 Å². The maximum atomic E-state index is 12.5. The lowest BCUT2D eigenvalue weighted by molar-refractivity contribution is -0.237. The van der Waals surface area contributed by atoms with Gasteiger partial charge in [0.05, 0.1) is 12.2 Å². The molecule has 1 aromatic heterocycles. The van der Waals surface area contributed by atoms with Crippen molar-refractivity contribution in [2.24, 2.45) is 0 Å². The van der Waals surface area contributed by atoms with Gasteiger partial charge < -0.3 is 28.8 Å². The number of thioether (sulfide) groups is 1. The monoisotopic (exact) mass is 707 g/mol. The maximum Gasteiger partial charge on any atom is 0.303 e. The number of ether oxygens (including phenoxy) is 5. The molecule has 266 valence electrons. The second-order valence-corrected chi connectivity index (χ2v) is 13.1. The van der Waals surface area contributed by atoms with E-state index in [2.05, 4.69) is 40.6 Å². The Balaban J connectivity index is 1.60. The average Bonchev–Trinajstić information content (AvgIpc) is 3.44. The highest BCUT2D eigenvalue weighted by molar-refractivity contribution is 7.99. The minimum atomic E-state index is -1.30. The van der Waals surface area contributed by atoms with Crippen LogP contribution in [0.1, 0.15) is 58.2 Å². The molecule has 1 aliphatic heterocycles. The van der Waals surface area contributed by atoms with Crippen LogP contribution in [0.25, 0.3) is 21.5 Å². The average molecular weight is 708 g/mol. The third-order valence-electron chi connectivity index (χ3n) is 8.19. The van der Waals surface area contributed by atoms with E-state index in [1.165, 1.54) is 39.5 Å². The summed E-state index contributed by atoms with van der Waals surface area (Å²) in [4.78, 5) is 48.9. The molecule has 1 fully saturated rings. The molecule has 0 spiro atoms. The molecule has 3 aromatic carbocycles. The van der Waals surface area contributed by atoms with Crippen LogP contribution >= 0.6 is 11.8 Å². The van der Waals surface area contributed by atoms with Gasteiger partial charge >= 0.3 is 23.9 Å². The van der Waals surface area contributed by atoms with Crippen LogP contribution in [0.4, 0.5) is 0 Å². The van der Waals surface area contributed by atoms with Gasteiger partial charge in [-0.25, -0.2) is 4.68 Å². The maximum absolute atomic E-state index is 12.5. The van der Waals surface area contributed by atoms with Gasteiger partial charge in [0.15, 0.2) is 23.7 Å². The molecule has 4 aromatic rings. The number of carbonyl (C=O) groups excluding carboxylic acids is 4. The standard InChI is InChI=1S/C36H41N3O10S/c1-21(41)45-20-31-32(46-22(2)42)33(47-23(3)43)34(48-24(4)44)36(49-31)50-35-30(16-6-5-11-17-40)37-38-39(35)19-29-27-14-9-7-12-25(27)18-26-13-8-10-15-28(26)29/h7-10,12-15,18,31-34,36,40H,5-6,11,16-17,19-20H2,1-4H3/t31-,32-,33+,34-,36+/m1/s1. The lowest BCUT2D eigenvalue weighted by atomic mass is 9.97. The Hall–Kier alpha value is -4.53. The van der Waals surface area contributed by atoms with Gasteiger partial charge in [-0.15, -0.1) is 5.10 Å². The molecule has 0 bridgehead atoms. The van der Waals surface area contributed by atoms with Gasteiger partial charge in [0, 0.05) is 34.3 Å². The fourth-order valence-corrected chi connectivity index (χ4v) is 7.40. The molecule has 0 radical (unpaired) electrons. The molecule has 2 heterocycles. The minimum absolute atomic E-state index is 0.0766. The lowest BCUT2D eigenvalue weighted by Gasteiger charge is -2.44. The predicted molar refractivity (Wildman–Crippen MR) is 183 cm³/mol. The van der Waals surface area contributed by atoms with E-state index in [4.69, 9.17) is 23.7 Å². The van der Waals surface area contributed by atoms with Crippen LogP contribution < -0.4 is 0 Å². The largest absolute Gasteiger partial charge is 0.463 e. The molecule has 14 heteroatoms. The Labute approximate surface area is 293 Å². The number of aliphatic hydroxyl groups excluding tert-OH is 1. The quantitative estimate of drug-likeness (QED) is 0.0843. The van der Waals surface area contributed by atoms with Crippen molar-refractivity contribution in [1.29, 1.82) is 0 Å². The Morgan fingerprint density at radius 1 is 0.800 bits per heavy atom. The van der Waals surface area contributed by atoms with Gasteiger partial charge in [-0.2, -0.15) is 0 Å². The molecule has 1 saturated heterocycles. The first-order valence-electron chi connectivity index (χ1n) is 16.5. The topological polar surface area (TPSA) is 165 Å². The first kappa shape index (κ1) is 36.7. The lowest BCUT2D eigenvalue weighted by Crippen LogP contribution is -2.61. The zero-order valence-electron chi connectivity index (χ0n) is 28.4. The van der Waals surface area contributed by atoms with Crippen molar-refractivity contribution in [3.63, 3.8) is 0 Å². The smallest absolute Gasteiger partial charge is 0.303 e. The Morgan fingerprint density at radius 3 is 2.00 bits per heavy atom. The van der Waals surface area contributed by atoms with E-state index in [0.29, 0.717) is 30.1 Å². The van der Waals surface area contributed by atoms with Crippen LogP contribution in [-0.2, 0) is 55.8 Å². The highest BCUT2D eigenvalue weighted by Gasteiger charge is 2.53. The number of aryl methyl sites for hydroxylation is 1. The van der Waals surface area contributed by atoms with Gasteiger partial charge in [0.2, 0.25) is 0 Å². The van der Waals surface area contributed by atoms with E-state index >= 15 is 0 Å². The second kappa shape index (κ2) is 16.9. The van der Waals surface area contributed by atoms with E-state index in [9.17, 15) is 24.3 Å². The van der Waals surface area contributed by atoms with Crippen LogP contribution in [0.5, 0.6) is 0 Å². The molecule has 0 aliphatic carbocycles. The van der Waals surface area contributed by atoms with Gasteiger partial charge in [0.1, 0.15) is 17.7 Å². The van der Waals surface area contributed by atoms with Crippen LogP contribution in [0, 0.1) is 0 Å². The fraction of sp³-hybridized carbons (Fsp3) is 0.444. The van der Waals surface area contributed by atoms with Crippen LogP contribution in [-0.4, -0.2) is 87.0 Å². The first-order valence-corrected chi connectivity index (χ1v) is 17.3. The van der Waals surface area contributed by atoms with Crippen LogP contribution in [0.3, 0.4) is 0 Å². The molecule has 1 N–H and O–H groups in total. The summed E-state index contributed by atoms with van der Waals surface area (Å²) in [5.41, 5.74) is 0.637. The van der Waals surface area contributed by atoms with Crippen molar-refractivity contribution in [2.45, 2.75) is 94.8 Å². The molecular weight excluding hydrogens is 666 g/mol. The summed E-state index contributed by atoms with van der Waals surface area (Å²) in [7, 11) is 0. The number of benzene rings is 3. The summed E-state index contributed by atoms with van der Waals surface area (Å²) in [5, 5.41) is 23.4. The number of aromatic nitrogens is 3. The van der Waals surface area contributed by atoms with E-state index in [-0.39, 0.29) is 13.2 Å². The van der Waals surface area contributed by atoms with Gasteiger partial charge in [-0.3, -0.25) is 19.2 Å². The van der Waals surface area contributed by atoms with Crippen molar-refractivity contribution < 1.29 is 48.0 Å². The normalized spacial score (nSPS) is 20.4. The number of unbranched alkanes of at least 4 members (excludes halogenated alkanes) is 2. The summed E-state index contributed by atoms with van der Waals surface area (Å²) in [5.74, 6) is -2.69. The highest BCUT2D eigenvalue weighted by atomic mass is 32.2. The number of hydrogen-bond donors (Lipinski definition) is 1. The Bertz CT molecular complexity index is 1790. The van der Waals surface area contributed by atoms with Crippen molar-refractivity contribution in [1.82, 2.24) is 15.0 Å². The minimum Gasteiger partial charge on any atom is -0.463 e. The van der Waals surface area contributed by atoms with Gasteiger partial charge in [-0.05, 0) is 52.4 Å². The van der Waals surface area contributed by atoms with E-state index < -0.39 is 53.7 Å². The van der Waals surface area contributed by atoms with Gasteiger partial charge in [0.25, 0.3) is 0 Å². The molecule has 0 amide bonds. The number of rotatable bonds is 14. The Morgan fingerprint density at radius 2 is 1.40 bits per heavy atom. The van der Waals surface area contributed by atoms with Crippen LogP contribution in [0.15, 0.2) is 59.6 Å². The van der Waals surface area contributed by atoms with Crippen molar-refractivity contribution in [3.05, 3.63) is 65.9 Å². The van der Waals surface area contributed by atoms with E-state index in [1.54, 1.807) is 4.68 Å². The summed E-state index contributed by atoms with van der Waals surface area (Å²) in [6, 6.07) is 18.4. The summed E-state index contributed by atoms with van der Waals surface area (Å²) in [6.45, 7) is 4.88. The number of nitrogens with zero attached hydrogens (tertiary/aromatic N) is 3. The Kier molecular flexibility index (Phi) is 12.4. The molecule has 5 atom stereocenters. The zero-order valence-corrected chi connectivity index (χ0v) is 29.2. The zero-order chi connectivity index (χ0) is 35.8. The van der Waals surface area contributed by atoms with Crippen molar-refractivity contribution in [2.75, 3.05) is 13.2 Å². The SMILES string of the molecule is CC(=O)OC[C@H]1O[C@@H](Sc2c(CCCCCO)nnn2Cc2c3ccccc3cc3ccccc23)[C@H](OC(C)=O)[C@@H](OC(C)=O)[C@@H]1OC(C)=O. The van der Waals surface area contributed by atoms with E-state index in [1.807, 2.05) is 24.3 Å². The third kappa shape index (κ3) is 8.97. The number of hydrogen-bond acceptors (Lipinski definition) is 13. The second-order valence-electron chi connectivity index (χ2n) is 12.0. The summed E-state index contributed by atoms with van der Waals surface area (Å²) in [6.07, 6.45) is -2.24. The number of carbonyl (C=O) groups is 4. The number of fused-ring (bicyclic) bond motifs is 2.